The molecule has 2 aliphatic heterocycles. The van der Waals surface area contributed by atoms with Gasteiger partial charge in [0.1, 0.15) is 0 Å². The van der Waals surface area contributed by atoms with E-state index >= 15 is 0 Å². The van der Waals surface area contributed by atoms with E-state index in [4.69, 9.17) is 0 Å². The minimum absolute atomic E-state index is 0. The van der Waals surface area contributed by atoms with Gasteiger partial charge < -0.3 is 24.7 Å². The highest BCUT2D eigenvalue weighted by atomic mass is 35.5. The molecule has 0 atom stereocenters. The summed E-state index contributed by atoms with van der Waals surface area (Å²) in [6, 6.07) is 0. The molecule has 0 spiro atoms. The second kappa shape index (κ2) is 16.9. The Labute approximate surface area is 184 Å². The number of aliphatic hydroxyl groups excluding tert-OH is 1. The summed E-state index contributed by atoms with van der Waals surface area (Å²) in [5.41, 5.74) is 0. The molecule has 9 heteroatoms. The molecule has 0 amide bonds. The maximum Gasteiger partial charge on any atom is 0.0894 e. The van der Waals surface area contributed by atoms with Crippen LogP contribution in [0, 0.1) is 0 Å². The monoisotopic (exact) mass is 452 g/mol. The summed E-state index contributed by atoms with van der Waals surface area (Å²) in [6.07, 6.45) is 13.1. The molecule has 1 N–H and O–H groups in total. The van der Waals surface area contributed by atoms with Crippen molar-refractivity contribution in [2.24, 2.45) is 0 Å². The van der Waals surface area contributed by atoms with E-state index in [1.807, 2.05) is 0 Å². The first-order valence-electron chi connectivity index (χ1n) is 8.72. The standard InChI is InChI=1S/C17H32N4O.4ClH/c1-3-5-7-18-9-11-20(15-18)13-17(22)14-21-12-10-19(16-21)8-6-4-2;;;;/h9-12,17,22H,3-8,13-16H2,1-2H3;4*1H. The lowest BCUT2D eigenvalue weighted by molar-refractivity contribution is 0.0902. The number of rotatable bonds is 10. The lowest BCUT2D eigenvalue weighted by atomic mass is 10.3. The van der Waals surface area contributed by atoms with E-state index in [2.05, 4.69) is 58.2 Å². The number of halogens is 4. The van der Waals surface area contributed by atoms with Crippen molar-refractivity contribution in [1.29, 1.82) is 0 Å². The van der Waals surface area contributed by atoms with Crippen LogP contribution in [-0.4, -0.2) is 70.3 Å². The van der Waals surface area contributed by atoms with Crippen molar-refractivity contribution in [2.75, 3.05) is 39.5 Å². The molecular weight excluding hydrogens is 418 g/mol. The summed E-state index contributed by atoms with van der Waals surface area (Å²) < 4.78 is 0. The van der Waals surface area contributed by atoms with Crippen LogP contribution in [0.4, 0.5) is 0 Å². The lowest BCUT2D eigenvalue weighted by Gasteiger charge is -2.27. The Hall–Kier alpha value is -0.200. The highest BCUT2D eigenvalue weighted by molar-refractivity contribution is 5.86. The van der Waals surface area contributed by atoms with Crippen LogP contribution in [0.25, 0.3) is 0 Å². The molecule has 0 aromatic rings. The van der Waals surface area contributed by atoms with Crippen molar-refractivity contribution in [2.45, 2.75) is 45.6 Å². The quantitative estimate of drug-likeness (QED) is 0.544. The van der Waals surface area contributed by atoms with Crippen molar-refractivity contribution in [3.63, 3.8) is 0 Å². The average molecular weight is 454 g/mol. The van der Waals surface area contributed by atoms with Crippen molar-refractivity contribution in [1.82, 2.24) is 19.6 Å². The Kier molecular flexibility index (Phi) is 19.9. The van der Waals surface area contributed by atoms with Crippen molar-refractivity contribution < 1.29 is 5.11 Å². The zero-order valence-electron chi connectivity index (χ0n) is 15.8. The van der Waals surface area contributed by atoms with Gasteiger partial charge in [-0.25, -0.2) is 0 Å². The molecule has 0 aliphatic carbocycles. The van der Waals surface area contributed by atoms with E-state index in [1.54, 1.807) is 0 Å². The largest absolute Gasteiger partial charge is 0.389 e. The summed E-state index contributed by atoms with van der Waals surface area (Å²) in [7, 11) is 0. The smallest absolute Gasteiger partial charge is 0.0894 e. The number of nitrogens with zero attached hydrogens (tertiary/aromatic N) is 4. The summed E-state index contributed by atoms with van der Waals surface area (Å²) >= 11 is 0. The maximum absolute atomic E-state index is 10.3. The second-order valence-corrected chi connectivity index (χ2v) is 6.41. The number of aliphatic hydroxyl groups is 1. The number of hydrogen-bond acceptors (Lipinski definition) is 5. The van der Waals surface area contributed by atoms with E-state index in [9.17, 15) is 5.11 Å². The molecule has 0 aromatic carbocycles. The highest BCUT2D eigenvalue weighted by Gasteiger charge is 2.19. The molecule has 0 radical (unpaired) electrons. The molecule has 158 valence electrons. The highest BCUT2D eigenvalue weighted by Crippen LogP contribution is 2.11. The van der Waals surface area contributed by atoms with Gasteiger partial charge in [0, 0.05) is 51.0 Å². The van der Waals surface area contributed by atoms with Gasteiger partial charge in [0.15, 0.2) is 0 Å². The Balaban J connectivity index is -0.00000132. The Morgan fingerprint density at radius 1 is 0.692 bits per heavy atom. The molecule has 0 fully saturated rings. The van der Waals surface area contributed by atoms with Crippen LogP contribution in [0.5, 0.6) is 0 Å². The maximum atomic E-state index is 10.3. The predicted octanol–water partition coefficient (Wildman–Crippen LogP) is 3.73. The normalized spacial score (nSPS) is 14.9. The average Bonchev–Trinajstić information content (AvgIpc) is 3.12. The molecule has 0 saturated heterocycles. The van der Waals surface area contributed by atoms with E-state index in [-0.39, 0.29) is 55.7 Å². The summed E-state index contributed by atoms with van der Waals surface area (Å²) in [4.78, 5) is 9.04. The third-order valence-electron chi connectivity index (χ3n) is 4.19. The molecule has 2 rings (SSSR count). The van der Waals surface area contributed by atoms with Crippen molar-refractivity contribution in [3.8, 4) is 0 Å². The van der Waals surface area contributed by atoms with Crippen LogP contribution in [0.1, 0.15) is 39.5 Å². The van der Waals surface area contributed by atoms with Crippen LogP contribution in [0.3, 0.4) is 0 Å². The predicted molar refractivity (Wildman–Crippen MR) is 120 cm³/mol. The molecule has 26 heavy (non-hydrogen) atoms. The van der Waals surface area contributed by atoms with E-state index in [0.29, 0.717) is 13.1 Å². The van der Waals surface area contributed by atoms with Gasteiger partial charge in [0.25, 0.3) is 0 Å². The molecule has 0 saturated carbocycles. The Bertz CT molecular complexity index is 354. The van der Waals surface area contributed by atoms with Crippen molar-refractivity contribution >= 4 is 49.6 Å². The number of β-amino-alcohol motifs (C(OH)–C–C–N with tert-alkyl or cyclic N) is 1. The first kappa shape index (κ1) is 30.5. The van der Waals surface area contributed by atoms with Crippen LogP contribution in [0.15, 0.2) is 24.8 Å². The van der Waals surface area contributed by atoms with Gasteiger partial charge in [-0.05, 0) is 12.8 Å². The molecule has 2 aliphatic rings. The van der Waals surface area contributed by atoms with Crippen LogP contribution >= 0.6 is 49.6 Å². The topological polar surface area (TPSA) is 33.2 Å². The van der Waals surface area contributed by atoms with Crippen LogP contribution < -0.4 is 0 Å². The number of hydrogen-bond donors (Lipinski definition) is 1. The third-order valence-corrected chi connectivity index (χ3v) is 4.19. The zero-order chi connectivity index (χ0) is 15.8. The molecular formula is C17H36Cl4N4O. The van der Waals surface area contributed by atoms with Gasteiger partial charge in [-0.3, -0.25) is 0 Å². The van der Waals surface area contributed by atoms with Crippen molar-refractivity contribution in [3.05, 3.63) is 24.8 Å². The second-order valence-electron chi connectivity index (χ2n) is 6.41. The Morgan fingerprint density at radius 3 is 1.38 bits per heavy atom. The van der Waals surface area contributed by atoms with Crippen LogP contribution in [-0.2, 0) is 0 Å². The lowest BCUT2D eigenvalue weighted by Crippen LogP contribution is -2.39. The summed E-state index contributed by atoms with van der Waals surface area (Å²) in [6.45, 7) is 9.90. The minimum atomic E-state index is -0.313. The SMILES string of the molecule is CCCCN1C=CN(CC(O)CN2C=CN(CCCC)C2)C1.Cl.Cl.Cl.Cl. The van der Waals surface area contributed by atoms with E-state index in [1.165, 1.54) is 25.7 Å². The molecule has 0 bridgehead atoms. The fourth-order valence-corrected chi connectivity index (χ4v) is 2.88. The van der Waals surface area contributed by atoms with Gasteiger partial charge in [0.05, 0.1) is 19.4 Å². The number of unbranched alkanes of at least 4 members (excludes halogenated alkanes) is 2. The Morgan fingerprint density at radius 2 is 1.04 bits per heavy atom. The summed E-state index contributed by atoms with van der Waals surface area (Å²) in [5.74, 6) is 0. The van der Waals surface area contributed by atoms with Gasteiger partial charge in [-0.2, -0.15) is 0 Å². The zero-order valence-corrected chi connectivity index (χ0v) is 19.1. The molecule has 2 heterocycles. The van der Waals surface area contributed by atoms with Crippen LogP contribution in [0.2, 0.25) is 0 Å². The van der Waals surface area contributed by atoms with E-state index < -0.39 is 0 Å². The van der Waals surface area contributed by atoms with Gasteiger partial charge in [-0.15, -0.1) is 49.6 Å². The first-order valence-corrected chi connectivity index (χ1v) is 8.72. The van der Waals surface area contributed by atoms with Gasteiger partial charge >= 0.3 is 0 Å². The fraction of sp³-hybridized carbons (Fsp3) is 0.765. The van der Waals surface area contributed by atoms with E-state index in [0.717, 1.165) is 26.4 Å². The first-order chi connectivity index (χ1) is 10.7. The fourth-order valence-electron chi connectivity index (χ4n) is 2.88. The molecule has 0 unspecified atom stereocenters. The van der Waals surface area contributed by atoms with Gasteiger partial charge in [-0.1, -0.05) is 26.7 Å². The third kappa shape index (κ3) is 10.8. The molecule has 0 aromatic heterocycles. The van der Waals surface area contributed by atoms with Gasteiger partial charge in [0.2, 0.25) is 0 Å². The minimum Gasteiger partial charge on any atom is -0.389 e. The molecule has 5 nitrogen and oxygen atoms in total. The summed E-state index contributed by atoms with van der Waals surface area (Å²) in [5, 5.41) is 10.3.